The van der Waals surface area contributed by atoms with Gasteiger partial charge in [-0.05, 0) is 36.1 Å². The van der Waals surface area contributed by atoms with Crippen molar-refractivity contribution >= 4 is 44.7 Å². The van der Waals surface area contributed by atoms with Gasteiger partial charge >= 0.3 is 0 Å². The van der Waals surface area contributed by atoms with Gasteiger partial charge in [-0.25, -0.2) is 0 Å². The molecule has 2 aromatic rings. The maximum atomic E-state index is 12.6. The normalized spacial score (nSPS) is 23.8. The zero-order valence-corrected chi connectivity index (χ0v) is 15.2. The van der Waals surface area contributed by atoms with E-state index in [2.05, 4.69) is 10.0 Å². The fourth-order valence-corrected chi connectivity index (χ4v) is 4.90. The van der Waals surface area contributed by atoms with Gasteiger partial charge in [0.2, 0.25) is 5.91 Å². The van der Waals surface area contributed by atoms with Crippen LogP contribution in [0.2, 0.25) is 5.02 Å². The van der Waals surface area contributed by atoms with Crippen molar-refractivity contribution < 1.29 is 13.2 Å². The smallest absolute Gasteiger partial charge is 0.280 e. The van der Waals surface area contributed by atoms with Gasteiger partial charge in [-0.15, -0.1) is 11.3 Å². The van der Waals surface area contributed by atoms with Gasteiger partial charge in [-0.2, -0.15) is 17.4 Å². The maximum Gasteiger partial charge on any atom is 0.280 e. The molecular formula is C15H16ClN3O3S2. The molecule has 6 nitrogen and oxygen atoms in total. The number of likely N-dealkylation sites (N-methyl/N-ethyl adjacent to an activating group) is 1. The highest BCUT2D eigenvalue weighted by atomic mass is 35.5. The van der Waals surface area contributed by atoms with Crippen LogP contribution in [0.25, 0.3) is 0 Å². The highest BCUT2D eigenvalue weighted by Crippen LogP contribution is 2.30. The summed E-state index contributed by atoms with van der Waals surface area (Å²) in [7, 11) is -2.33. The summed E-state index contributed by atoms with van der Waals surface area (Å²) in [5.41, 5.74) is 0.532. The molecule has 0 aliphatic carbocycles. The molecule has 0 unspecified atom stereocenters. The van der Waals surface area contributed by atoms with Crippen LogP contribution in [0.5, 0.6) is 0 Å². The van der Waals surface area contributed by atoms with E-state index < -0.39 is 22.3 Å². The second-order valence-electron chi connectivity index (χ2n) is 5.46. The third kappa shape index (κ3) is 3.62. The first kappa shape index (κ1) is 17.4. The van der Waals surface area contributed by atoms with Gasteiger partial charge in [0, 0.05) is 22.6 Å². The second kappa shape index (κ2) is 6.81. The molecule has 0 radical (unpaired) electrons. The standard InChI is InChI=1S/C15H16ClN3O3S2/c1-19-13(15(20)17-11-5-2-4-10(16)8-11)9-12(18-24(19,21)22)14-6-3-7-23-14/h2-8,12-13,18H,9H2,1H3,(H,17,20)/t12-,13+/m1/s1. The van der Waals surface area contributed by atoms with Crippen LogP contribution in [0.1, 0.15) is 17.3 Å². The molecule has 0 saturated carbocycles. The minimum Gasteiger partial charge on any atom is -0.325 e. The summed E-state index contributed by atoms with van der Waals surface area (Å²) in [4.78, 5) is 13.5. The number of anilines is 1. The van der Waals surface area contributed by atoms with Crippen LogP contribution in [0.4, 0.5) is 5.69 Å². The zero-order valence-electron chi connectivity index (χ0n) is 12.8. The number of amides is 1. The molecule has 2 atom stereocenters. The number of rotatable bonds is 3. The summed E-state index contributed by atoms with van der Waals surface area (Å²) in [6.45, 7) is 0. The number of halogens is 1. The van der Waals surface area contributed by atoms with E-state index in [0.29, 0.717) is 17.1 Å². The van der Waals surface area contributed by atoms with Crippen LogP contribution >= 0.6 is 22.9 Å². The van der Waals surface area contributed by atoms with E-state index >= 15 is 0 Å². The summed E-state index contributed by atoms with van der Waals surface area (Å²) in [6.07, 6.45) is 0.350. The van der Waals surface area contributed by atoms with Crippen molar-refractivity contribution in [2.75, 3.05) is 12.4 Å². The Balaban J connectivity index is 1.83. The number of nitrogens with zero attached hydrogens (tertiary/aromatic N) is 1. The van der Waals surface area contributed by atoms with Gasteiger partial charge in [0.25, 0.3) is 10.2 Å². The molecule has 1 amide bonds. The lowest BCUT2D eigenvalue weighted by Gasteiger charge is -2.35. The van der Waals surface area contributed by atoms with Gasteiger partial charge in [0.05, 0.1) is 6.04 Å². The Hall–Kier alpha value is -1.45. The van der Waals surface area contributed by atoms with Crippen LogP contribution in [0.3, 0.4) is 0 Å². The van der Waals surface area contributed by atoms with Gasteiger partial charge in [-0.3, -0.25) is 4.79 Å². The van der Waals surface area contributed by atoms with Crippen LogP contribution in [0.15, 0.2) is 41.8 Å². The molecule has 1 saturated heterocycles. The first-order valence-corrected chi connectivity index (χ1v) is 9.92. The molecule has 0 bridgehead atoms. The van der Waals surface area contributed by atoms with Gasteiger partial charge in [-0.1, -0.05) is 23.7 Å². The van der Waals surface area contributed by atoms with E-state index in [1.54, 1.807) is 24.3 Å². The average molecular weight is 386 g/mol. The molecule has 1 aliphatic rings. The van der Waals surface area contributed by atoms with E-state index in [9.17, 15) is 13.2 Å². The van der Waals surface area contributed by atoms with Gasteiger partial charge < -0.3 is 5.32 Å². The Morgan fingerprint density at radius 3 is 2.83 bits per heavy atom. The van der Waals surface area contributed by atoms with Crippen molar-refractivity contribution in [1.29, 1.82) is 0 Å². The van der Waals surface area contributed by atoms with Crippen molar-refractivity contribution in [3.8, 4) is 0 Å². The number of benzene rings is 1. The Morgan fingerprint density at radius 1 is 1.38 bits per heavy atom. The lowest BCUT2D eigenvalue weighted by atomic mass is 10.1. The van der Waals surface area contributed by atoms with Gasteiger partial charge in [0.1, 0.15) is 6.04 Å². The fourth-order valence-electron chi connectivity index (χ4n) is 2.58. The molecular weight excluding hydrogens is 370 g/mol. The molecule has 128 valence electrons. The molecule has 24 heavy (non-hydrogen) atoms. The SMILES string of the molecule is CN1[C@H](C(=O)Nc2cccc(Cl)c2)C[C@H](c2cccs2)NS1(=O)=O. The Bertz CT molecular complexity index is 839. The number of hydrogen-bond donors (Lipinski definition) is 2. The summed E-state index contributed by atoms with van der Waals surface area (Å²) >= 11 is 7.37. The minimum atomic E-state index is -3.73. The molecule has 2 heterocycles. The Kier molecular flexibility index (Phi) is 4.93. The largest absolute Gasteiger partial charge is 0.325 e. The van der Waals surface area contributed by atoms with Crippen LogP contribution < -0.4 is 10.0 Å². The van der Waals surface area contributed by atoms with E-state index in [1.807, 2.05) is 17.5 Å². The highest BCUT2D eigenvalue weighted by molar-refractivity contribution is 7.87. The lowest BCUT2D eigenvalue weighted by Crippen LogP contribution is -2.55. The second-order valence-corrected chi connectivity index (χ2v) is 8.64. The minimum absolute atomic E-state index is 0.350. The average Bonchev–Trinajstić information content (AvgIpc) is 3.04. The molecule has 1 aromatic heterocycles. The van der Waals surface area contributed by atoms with Crippen molar-refractivity contribution in [2.45, 2.75) is 18.5 Å². The van der Waals surface area contributed by atoms with Crippen molar-refractivity contribution in [3.05, 3.63) is 51.7 Å². The van der Waals surface area contributed by atoms with E-state index in [1.165, 1.54) is 18.4 Å². The zero-order chi connectivity index (χ0) is 17.3. The van der Waals surface area contributed by atoms with E-state index in [0.717, 1.165) is 9.18 Å². The molecule has 2 N–H and O–H groups in total. The van der Waals surface area contributed by atoms with Crippen LogP contribution in [-0.4, -0.2) is 31.7 Å². The molecule has 1 aliphatic heterocycles. The van der Waals surface area contributed by atoms with Crippen LogP contribution in [0, 0.1) is 0 Å². The Labute approximate surface area is 149 Å². The predicted octanol–water partition coefficient (Wildman–Crippen LogP) is 2.62. The quantitative estimate of drug-likeness (QED) is 0.852. The third-order valence-corrected chi connectivity index (χ3v) is 6.67. The van der Waals surface area contributed by atoms with Crippen LogP contribution in [-0.2, 0) is 15.0 Å². The molecule has 1 fully saturated rings. The summed E-state index contributed by atoms with van der Waals surface area (Å²) in [6, 6.07) is 9.23. The molecule has 0 spiro atoms. The first-order valence-electron chi connectivity index (χ1n) is 7.22. The number of hydrogen-bond acceptors (Lipinski definition) is 4. The highest BCUT2D eigenvalue weighted by Gasteiger charge is 2.40. The predicted molar refractivity (Wildman–Crippen MR) is 95.4 cm³/mol. The number of nitrogens with one attached hydrogen (secondary N) is 2. The third-order valence-electron chi connectivity index (χ3n) is 3.85. The van der Waals surface area contributed by atoms with E-state index in [4.69, 9.17) is 11.6 Å². The maximum absolute atomic E-state index is 12.6. The van der Waals surface area contributed by atoms with Crippen molar-refractivity contribution in [2.24, 2.45) is 0 Å². The first-order chi connectivity index (χ1) is 11.4. The monoisotopic (exact) mass is 385 g/mol. The molecule has 1 aromatic carbocycles. The number of carbonyl (C=O) groups is 1. The summed E-state index contributed by atoms with van der Waals surface area (Å²) in [5.74, 6) is -0.383. The van der Waals surface area contributed by atoms with Crippen molar-refractivity contribution in [1.82, 2.24) is 9.03 Å². The lowest BCUT2D eigenvalue weighted by molar-refractivity contribution is -0.120. The number of thiophene rings is 1. The molecule has 3 rings (SSSR count). The van der Waals surface area contributed by atoms with E-state index in [-0.39, 0.29) is 5.91 Å². The summed E-state index contributed by atoms with van der Waals surface area (Å²) in [5, 5.41) is 5.11. The Morgan fingerprint density at radius 2 is 2.17 bits per heavy atom. The van der Waals surface area contributed by atoms with Crippen molar-refractivity contribution in [3.63, 3.8) is 0 Å². The number of carbonyl (C=O) groups excluding carboxylic acids is 1. The summed E-state index contributed by atoms with van der Waals surface area (Å²) < 4.78 is 28.3. The fraction of sp³-hybridized carbons (Fsp3) is 0.267. The molecule has 9 heteroatoms. The topological polar surface area (TPSA) is 78.5 Å². The van der Waals surface area contributed by atoms with Gasteiger partial charge in [0.15, 0.2) is 0 Å².